The smallest absolute Gasteiger partial charge is 0.297 e. The van der Waals surface area contributed by atoms with Gasteiger partial charge in [0.05, 0.1) is 6.26 Å². The molecule has 0 saturated heterocycles. The summed E-state index contributed by atoms with van der Waals surface area (Å²) in [6.45, 7) is 4.69. The van der Waals surface area contributed by atoms with Crippen molar-refractivity contribution in [3.8, 4) is 0 Å². The Hall–Kier alpha value is -0.790. The van der Waals surface area contributed by atoms with E-state index in [9.17, 15) is 4.79 Å². The highest BCUT2D eigenvalue weighted by Crippen LogP contribution is 2.11. The maximum atomic E-state index is 9.85. The molecule has 0 amide bonds. The van der Waals surface area contributed by atoms with Gasteiger partial charge in [-0.2, -0.15) is 0 Å². The van der Waals surface area contributed by atoms with Crippen molar-refractivity contribution >= 4 is 6.47 Å². The minimum atomic E-state index is 0.464. The molecule has 0 aromatic rings. The van der Waals surface area contributed by atoms with Crippen molar-refractivity contribution in [2.75, 3.05) is 0 Å². The van der Waals surface area contributed by atoms with Crippen LogP contribution in [0.4, 0.5) is 0 Å². The summed E-state index contributed by atoms with van der Waals surface area (Å²) in [5, 5.41) is 0. The molecule has 0 aliphatic carbocycles. The highest BCUT2D eigenvalue weighted by Gasteiger charge is 1.94. The molecule has 0 unspecified atom stereocenters. The van der Waals surface area contributed by atoms with Crippen LogP contribution in [-0.2, 0) is 9.53 Å². The Morgan fingerprint density at radius 1 is 1.27 bits per heavy atom. The third-order valence-electron chi connectivity index (χ3n) is 1.43. The van der Waals surface area contributed by atoms with E-state index >= 15 is 0 Å². The van der Waals surface area contributed by atoms with Crippen molar-refractivity contribution in [3.63, 3.8) is 0 Å². The fourth-order valence-electron chi connectivity index (χ4n) is 1.01. The lowest BCUT2D eigenvalue weighted by molar-refractivity contribution is -0.123. The summed E-state index contributed by atoms with van der Waals surface area (Å²) in [6, 6.07) is 0. The minimum Gasteiger partial charge on any atom is -0.437 e. The molecule has 0 aliphatic rings. The zero-order chi connectivity index (χ0) is 8.53. The molecule has 0 N–H and O–H groups in total. The largest absolute Gasteiger partial charge is 0.437 e. The Bertz CT molecular complexity index is 120. The van der Waals surface area contributed by atoms with Gasteiger partial charge < -0.3 is 4.74 Å². The number of allylic oxidation sites excluding steroid dienone is 1. The molecule has 0 aromatic carbocycles. The molecule has 0 aliphatic heterocycles. The number of ether oxygens (including phenoxy) is 1. The lowest BCUT2D eigenvalue weighted by atomic mass is 10.1. The molecule has 0 fully saturated rings. The van der Waals surface area contributed by atoms with E-state index in [1.165, 1.54) is 5.57 Å². The second-order valence-electron chi connectivity index (χ2n) is 2.51. The van der Waals surface area contributed by atoms with E-state index in [1.54, 1.807) is 6.26 Å². The van der Waals surface area contributed by atoms with Crippen LogP contribution in [0.25, 0.3) is 0 Å². The van der Waals surface area contributed by atoms with Crippen LogP contribution in [0.3, 0.4) is 0 Å². The van der Waals surface area contributed by atoms with E-state index in [0.29, 0.717) is 6.47 Å². The van der Waals surface area contributed by atoms with Crippen LogP contribution in [-0.4, -0.2) is 6.47 Å². The van der Waals surface area contributed by atoms with E-state index in [2.05, 4.69) is 18.6 Å². The average Bonchev–Trinajstić information content (AvgIpc) is 2.01. The lowest BCUT2D eigenvalue weighted by Gasteiger charge is -2.01. The molecule has 0 spiro atoms. The van der Waals surface area contributed by atoms with E-state index < -0.39 is 0 Å². The third-order valence-corrected chi connectivity index (χ3v) is 1.43. The van der Waals surface area contributed by atoms with Crippen molar-refractivity contribution in [1.82, 2.24) is 0 Å². The fourth-order valence-corrected chi connectivity index (χ4v) is 1.01. The predicted molar refractivity (Wildman–Crippen MR) is 45.0 cm³/mol. The second-order valence-corrected chi connectivity index (χ2v) is 2.51. The molecule has 0 bridgehead atoms. The maximum absolute atomic E-state index is 9.85. The normalized spacial score (nSPS) is 8.91. The first-order valence-electron chi connectivity index (χ1n) is 4.12. The average molecular weight is 156 g/mol. The third kappa shape index (κ3) is 5.64. The molecule has 0 aromatic heterocycles. The van der Waals surface area contributed by atoms with E-state index in [1.807, 2.05) is 0 Å². The Labute approximate surface area is 68.2 Å². The Balaban J connectivity index is 3.74. The van der Waals surface area contributed by atoms with Gasteiger partial charge in [-0.1, -0.05) is 26.7 Å². The SMILES string of the molecule is CCCC(=COC=O)CCC. The van der Waals surface area contributed by atoms with Gasteiger partial charge in [0.2, 0.25) is 0 Å². The summed E-state index contributed by atoms with van der Waals surface area (Å²) in [7, 11) is 0. The second kappa shape index (κ2) is 7.32. The fraction of sp³-hybridized carbons (Fsp3) is 0.667. The molecule has 0 saturated carbocycles. The first-order valence-corrected chi connectivity index (χ1v) is 4.12. The molecular formula is C9H16O2. The van der Waals surface area contributed by atoms with Gasteiger partial charge in [-0.05, 0) is 18.4 Å². The summed E-state index contributed by atoms with van der Waals surface area (Å²) in [5.74, 6) is 0. The minimum absolute atomic E-state index is 0.464. The molecule has 0 radical (unpaired) electrons. The van der Waals surface area contributed by atoms with Crippen molar-refractivity contribution in [3.05, 3.63) is 11.8 Å². The topological polar surface area (TPSA) is 26.3 Å². The van der Waals surface area contributed by atoms with E-state index in [4.69, 9.17) is 0 Å². The van der Waals surface area contributed by atoms with Crippen LogP contribution in [0.5, 0.6) is 0 Å². The Morgan fingerprint density at radius 2 is 1.82 bits per heavy atom. The van der Waals surface area contributed by atoms with Crippen molar-refractivity contribution < 1.29 is 9.53 Å². The van der Waals surface area contributed by atoms with Crippen LogP contribution in [0.15, 0.2) is 11.8 Å². The number of hydrogen-bond acceptors (Lipinski definition) is 2. The van der Waals surface area contributed by atoms with Gasteiger partial charge in [-0.15, -0.1) is 0 Å². The van der Waals surface area contributed by atoms with Gasteiger partial charge in [0.25, 0.3) is 6.47 Å². The van der Waals surface area contributed by atoms with Gasteiger partial charge in [0.15, 0.2) is 0 Å². The standard InChI is InChI=1S/C9H16O2/c1-3-5-9(6-4-2)7-11-8-10/h7-8H,3-6H2,1-2H3. The number of carbonyl (C=O) groups excluding carboxylic acids is 1. The van der Waals surface area contributed by atoms with E-state index in [0.717, 1.165) is 25.7 Å². The van der Waals surface area contributed by atoms with Gasteiger partial charge in [-0.25, -0.2) is 0 Å². The first-order chi connectivity index (χ1) is 5.35. The molecule has 0 atom stereocenters. The monoisotopic (exact) mass is 156 g/mol. The maximum Gasteiger partial charge on any atom is 0.297 e. The van der Waals surface area contributed by atoms with Gasteiger partial charge >= 0.3 is 0 Å². The Morgan fingerprint density at radius 3 is 2.18 bits per heavy atom. The zero-order valence-corrected chi connectivity index (χ0v) is 7.30. The number of rotatable bonds is 6. The molecule has 2 heteroatoms. The van der Waals surface area contributed by atoms with Crippen LogP contribution in [0.2, 0.25) is 0 Å². The molecule has 64 valence electrons. The lowest BCUT2D eigenvalue weighted by Crippen LogP contribution is -1.85. The highest BCUT2D eigenvalue weighted by atomic mass is 16.5. The molecule has 11 heavy (non-hydrogen) atoms. The highest BCUT2D eigenvalue weighted by molar-refractivity contribution is 5.38. The predicted octanol–water partition coefficient (Wildman–Crippen LogP) is 2.64. The summed E-state index contributed by atoms with van der Waals surface area (Å²) in [6.07, 6.45) is 5.84. The molecular weight excluding hydrogens is 140 g/mol. The number of carbonyl (C=O) groups is 1. The molecule has 0 heterocycles. The van der Waals surface area contributed by atoms with Crippen molar-refractivity contribution in [2.45, 2.75) is 39.5 Å². The van der Waals surface area contributed by atoms with Crippen LogP contribution < -0.4 is 0 Å². The first kappa shape index (κ1) is 10.2. The van der Waals surface area contributed by atoms with E-state index in [-0.39, 0.29) is 0 Å². The summed E-state index contributed by atoms with van der Waals surface area (Å²) in [5.41, 5.74) is 1.22. The number of hydrogen-bond donors (Lipinski definition) is 0. The van der Waals surface area contributed by atoms with Crippen molar-refractivity contribution in [1.29, 1.82) is 0 Å². The van der Waals surface area contributed by atoms with Crippen LogP contribution in [0.1, 0.15) is 39.5 Å². The molecule has 0 rings (SSSR count). The summed E-state index contributed by atoms with van der Waals surface area (Å²) in [4.78, 5) is 9.85. The Kier molecular flexibility index (Phi) is 6.79. The van der Waals surface area contributed by atoms with Crippen molar-refractivity contribution in [2.24, 2.45) is 0 Å². The van der Waals surface area contributed by atoms with Gasteiger partial charge in [0.1, 0.15) is 0 Å². The van der Waals surface area contributed by atoms with Gasteiger partial charge in [0, 0.05) is 0 Å². The van der Waals surface area contributed by atoms with Gasteiger partial charge in [-0.3, -0.25) is 4.79 Å². The van der Waals surface area contributed by atoms with Crippen LogP contribution in [0, 0.1) is 0 Å². The zero-order valence-electron chi connectivity index (χ0n) is 7.30. The van der Waals surface area contributed by atoms with Crippen LogP contribution >= 0.6 is 0 Å². The summed E-state index contributed by atoms with van der Waals surface area (Å²) < 4.78 is 4.56. The summed E-state index contributed by atoms with van der Waals surface area (Å²) >= 11 is 0. The quantitative estimate of drug-likeness (QED) is 0.436. The molecule has 2 nitrogen and oxygen atoms in total.